The average molecular weight is 350 g/mol. The van der Waals surface area contributed by atoms with Crippen LogP contribution in [0.4, 0.5) is 0 Å². The number of benzene rings is 1. The summed E-state index contributed by atoms with van der Waals surface area (Å²) >= 11 is 0. The average Bonchev–Trinajstić information content (AvgIpc) is 2.61. The van der Waals surface area contributed by atoms with Crippen LogP contribution in [0, 0.1) is 0 Å². The van der Waals surface area contributed by atoms with Gasteiger partial charge in [-0.15, -0.1) is 0 Å². The van der Waals surface area contributed by atoms with E-state index in [4.69, 9.17) is 14.2 Å². The number of hydrogen-bond donors (Lipinski definition) is 0. The summed E-state index contributed by atoms with van der Waals surface area (Å²) in [5, 5.41) is 0. The summed E-state index contributed by atoms with van der Waals surface area (Å²) in [7, 11) is 0. The van der Waals surface area contributed by atoms with E-state index in [1.165, 1.54) is 25.7 Å². The number of rotatable bonds is 14. The number of unbranched alkanes of at least 4 members (excludes halogenated alkanes) is 6. The van der Waals surface area contributed by atoms with Gasteiger partial charge in [0.15, 0.2) is 0 Å². The molecule has 25 heavy (non-hydrogen) atoms. The molecule has 4 heteroatoms. The van der Waals surface area contributed by atoms with E-state index in [9.17, 15) is 4.79 Å². The van der Waals surface area contributed by atoms with E-state index in [0.717, 1.165) is 25.7 Å². The number of carbonyl (C=O) groups is 1. The minimum atomic E-state index is -0.338. The molecule has 1 rings (SSSR count). The van der Waals surface area contributed by atoms with Gasteiger partial charge in [0.2, 0.25) is 0 Å². The first-order valence-electron chi connectivity index (χ1n) is 9.79. The van der Waals surface area contributed by atoms with E-state index in [2.05, 4.69) is 13.8 Å². The van der Waals surface area contributed by atoms with Crippen molar-refractivity contribution in [2.24, 2.45) is 0 Å². The molecule has 0 bridgehead atoms. The van der Waals surface area contributed by atoms with Gasteiger partial charge in [0.25, 0.3) is 0 Å². The maximum absolute atomic E-state index is 12.0. The molecule has 0 spiro atoms. The summed E-state index contributed by atoms with van der Waals surface area (Å²) in [6.07, 6.45) is 9.21. The monoisotopic (exact) mass is 350 g/mol. The highest BCUT2D eigenvalue weighted by Gasteiger charge is 2.11. The van der Waals surface area contributed by atoms with Gasteiger partial charge < -0.3 is 14.2 Å². The van der Waals surface area contributed by atoms with Gasteiger partial charge >= 0.3 is 5.97 Å². The van der Waals surface area contributed by atoms with Crippen LogP contribution in [0.5, 0.6) is 11.5 Å². The lowest BCUT2D eigenvalue weighted by molar-refractivity contribution is 0.0525. The van der Waals surface area contributed by atoms with Gasteiger partial charge in [0.1, 0.15) is 11.5 Å². The molecule has 0 aromatic heterocycles. The lowest BCUT2D eigenvalue weighted by Gasteiger charge is -2.12. The first-order valence-corrected chi connectivity index (χ1v) is 9.79. The third-order valence-corrected chi connectivity index (χ3v) is 3.92. The van der Waals surface area contributed by atoms with Crippen molar-refractivity contribution in [2.75, 3.05) is 19.8 Å². The first kappa shape index (κ1) is 21.3. The molecule has 1 aromatic carbocycles. The molecule has 0 amide bonds. The van der Waals surface area contributed by atoms with E-state index in [1.807, 2.05) is 6.07 Å². The Bertz CT molecular complexity index is 453. The lowest BCUT2D eigenvalue weighted by atomic mass is 10.2. The van der Waals surface area contributed by atoms with Crippen molar-refractivity contribution in [3.05, 3.63) is 23.8 Å². The predicted molar refractivity (Wildman–Crippen MR) is 102 cm³/mol. The maximum atomic E-state index is 12.0. The molecule has 0 heterocycles. The van der Waals surface area contributed by atoms with Crippen molar-refractivity contribution in [1.29, 1.82) is 0 Å². The second kappa shape index (κ2) is 13.6. The van der Waals surface area contributed by atoms with Crippen LogP contribution in [-0.2, 0) is 4.74 Å². The maximum Gasteiger partial charge on any atom is 0.338 e. The van der Waals surface area contributed by atoms with Crippen LogP contribution in [0.15, 0.2) is 18.2 Å². The Hall–Kier alpha value is -1.71. The normalized spacial score (nSPS) is 10.5. The van der Waals surface area contributed by atoms with Crippen molar-refractivity contribution in [3.63, 3.8) is 0 Å². The Balaban J connectivity index is 2.65. The molecule has 4 nitrogen and oxygen atoms in total. The number of ether oxygens (including phenoxy) is 3. The predicted octanol–water partition coefficient (Wildman–Crippen LogP) is 5.78. The second-order valence-electron chi connectivity index (χ2n) is 6.23. The zero-order chi connectivity index (χ0) is 18.3. The van der Waals surface area contributed by atoms with Crippen molar-refractivity contribution in [3.8, 4) is 11.5 Å². The third kappa shape index (κ3) is 9.37. The summed E-state index contributed by atoms with van der Waals surface area (Å²) in [5.74, 6) is 1.01. The van der Waals surface area contributed by atoms with Crippen LogP contribution in [0.1, 0.15) is 82.5 Å². The standard InChI is InChI=1S/C21H34O4/c1-4-7-9-11-13-24-19-15-18(21(22)23-6-3)16-20(17-19)25-14-12-10-8-5-2/h15-17H,4-14H2,1-3H3. The Labute approximate surface area is 152 Å². The van der Waals surface area contributed by atoms with Crippen LogP contribution in [0.25, 0.3) is 0 Å². The van der Waals surface area contributed by atoms with E-state index in [1.54, 1.807) is 19.1 Å². The molecule has 0 saturated carbocycles. The fraction of sp³-hybridized carbons (Fsp3) is 0.667. The molecule has 142 valence electrons. The summed E-state index contributed by atoms with van der Waals surface area (Å²) in [6, 6.07) is 5.34. The second-order valence-corrected chi connectivity index (χ2v) is 6.23. The Morgan fingerprint density at radius 3 is 1.72 bits per heavy atom. The zero-order valence-corrected chi connectivity index (χ0v) is 16.1. The molecular weight excluding hydrogens is 316 g/mol. The number of esters is 1. The summed E-state index contributed by atoms with van der Waals surface area (Å²) < 4.78 is 16.7. The van der Waals surface area contributed by atoms with Gasteiger partial charge in [-0.25, -0.2) is 4.79 Å². The van der Waals surface area contributed by atoms with Gasteiger partial charge in [-0.3, -0.25) is 0 Å². The van der Waals surface area contributed by atoms with Crippen LogP contribution in [0.3, 0.4) is 0 Å². The highest BCUT2D eigenvalue weighted by molar-refractivity contribution is 5.90. The van der Waals surface area contributed by atoms with Gasteiger partial charge in [0, 0.05) is 6.07 Å². The molecule has 1 aromatic rings. The molecule has 0 unspecified atom stereocenters. The molecule has 0 aliphatic rings. The SMILES string of the molecule is CCCCCCOc1cc(OCCCCCC)cc(C(=O)OCC)c1. The quantitative estimate of drug-likeness (QED) is 0.315. The molecular formula is C21H34O4. The smallest absolute Gasteiger partial charge is 0.338 e. The van der Waals surface area contributed by atoms with Gasteiger partial charge in [-0.1, -0.05) is 52.4 Å². The van der Waals surface area contributed by atoms with E-state index in [0.29, 0.717) is 36.9 Å². The summed E-state index contributed by atoms with van der Waals surface area (Å²) in [4.78, 5) is 12.0. The Morgan fingerprint density at radius 1 is 0.760 bits per heavy atom. The van der Waals surface area contributed by atoms with Crippen molar-refractivity contribution >= 4 is 5.97 Å². The summed E-state index contributed by atoms with van der Waals surface area (Å²) in [5.41, 5.74) is 0.483. The van der Waals surface area contributed by atoms with Crippen LogP contribution < -0.4 is 9.47 Å². The van der Waals surface area contributed by atoms with E-state index in [-0.39, 0.29) is 5.97 Å². The Kier molecular flexibility index (Phi) is 11.6. The number of hydrogen-bond acceptors (Lipinski definition) is 4. The molecule has 0 fully saturated rings. The fourth-order valence-electron chi connectivity index (χ4n) is 2.51. The number of carbonyl (C=O) groups excluding carboxylic acids is 1. The molecule has 0 radical (unpaired) electrons. The Morgan fingerprint density at radius 2 is 1.28 bits per heavy atom. The first-order chi connectivity index (χ1) is 12.2. The minimum Gasteiger partial charge on any atom is -0.493 e. The van der Waals surface area contributed by atoms with Crippen molar-refractivity contribution in [2.45, 2.75) is 72.1 Å². The minimum absolute atomic E-state index is 0.338. The molecule has 0 aliphatic heterocycles. The molecule has 0 atom stereocenters. The van der Waals surface area contributed by atoms with Crippen LogP contribution in [-0.4, -0.2) is 25.8 Å². The summed E-state index contributed by atoms with van der Waals surface area (Å²) in [6.45, 7) is 7.84. The van der Waals surface area contributed by atoms with E-state index >= 15 is 0 Å². The van der Waals surface area contributed by atoms with Crippen molar-refractivity contribution in [1.82, 2.24) is 0 Å². The highest BCUT2D eigenvalue weighted by Crippen LogP contribution is 2.24. The molecule has 0 aliphatic carbocycles. The van der Waals surface area contributed by atoms with Gasteiger partial charge in [-0.2, -0.15) is 0 Å². The van der Waals surface area contributed by atoms with Crippen LogP contribution >= 0.6 is 0 Å². The fourth-order valence-corrected chi connectivity index (χ4v) is 2.51. The van der Waals surface area contributed by atoms with E-state index < -0.39 is 0 Å². The van der Waals surface area contributed by atoms with Crippen molar-refractivity contribution < 1.29 is 19.0 Å². The third-order valence-electron chi connectivity index (χ3n) is 3.92. The van der Waals surface area contributed by atoms with Gasteiger partial charge in [-0.05, 0) is 31.9 Å². The molecule has 0 saturated heterocycles. The highest BCUT2D eigenvalue weighted by atomic mass is 16.5. The topological polar surface area (TPSA) is 44.8 Å². The lowest BCUT2D eigenvalue weighted by Crippen LogP contribution is -2.07. The zero-order valence-electron chi connectivity index (χ0n) is 16.1. The van der Waals surface area contributed by atoms with Crippen LogP contribution in [0.2, 0.25) is 0 Å². The van der Waals surface area contributed by atoms with Gasteiger partial charge in [0.05, 0.1) is 25.4 Å². The largest absolute Gasteiger partial charge is 0.493 e. The molecule has 0 N–H and O–H groups in total.